The first kappa shape index (κ1) is 10.6. The number of aromatic nitrogens is 4. The Kier molecular flexibility index (Phi) is 3.16. The number of nitrogens with zero attached hydrogens (tertiary/aromatic N) is 4. The Labute approximate surface area is 96.0 Å². The van der Waals surface area contributed by atoms with Gasteiger partial charge in [-0.05, 0) is 0 Å². The van der Waals surface area contributed by atoms with Crippen LogP contribution in [0.15, 0.2) is 17.0 Å². The summed E-state index contributed by atoms with van der Waals surface area (Å²) in [5.41, 5.74) is 5.44. The zero-order chi connectivity index (χ0) is 11.4. The van der Waals surface area contributed by atoms with Gasteiger partial charge in [0, 0.05) is 19.0 Å². The smallest absolute Gasteiger partial charge is 0.223 e. The van der Waals surface area contributed by atoms with E-state index >= 15 is 0 Å². The largest absolute Gasteiger partial charge is 0.369 e. The van der Waals surface area contributed by atoms with Crippen molar-refractivity contribution >= 4 is 23.4 Å². The fraction of sp³-hybridized carbons (Fsp3) is 0.250. The summed E-state index contributed by atoms with van der Waals surface area (Å²) in [6, 6.07) is 1.59. The van der Waals surface area contributed by atoms with E-state index in [1.165, 1.54) is 6.39 Å². The number of anilines is 2. The van der Waals surface area contributed by atoms with Gasteiger partial charge < -0.3 is 15.6 Å². The molecule has 0 unspecified atom stereocenters. The van der Waals surface area contributed by atoms with Crippen molar-refractivity contribution in [2.45, 2.75) is 6.42 Å². The standard InChI is InChI=1S/C8H9ClN6O/c9-5-3-7(14-8(10)13-5)11-2-1-6-12-4-16-15-6/h3-4H,1-2H2,(H3,10,11,13,14). The lowest BCUT2D eigenvalue weighted by molar-refractivity contribution is 0.410. The minimum atomic E-state index is 0.134. The molecule has 2 aromatic heterocycles. The number of nitrogens with two attached hydrogens (primary N) is 1. The van der Waals surface area contributed by atoms with E-state index in [9.17, 15) is 0 Å². The van der Waals surface area contributed by atoms with Gasteiger partial charge in [-0.2, -0.15) is 9.97 Å². The second kappa shape index (κ2) is 4.75. The lowest BCUT2D eigenvalue weighted by Gasteiger charge is -2.04. The molecule has 0 spiro atoms. The third-order valence-corrected chi connectivity index (χ3v) is 1.97. The van der Waals surface area contributed by atoms with Crippen LogP contribution in [-0.4, -0.2) is 26.7 Å². The average Bonchev–Trinajstić information content (AvgIpc) is 2.69. The zero-order valence-electron chi connectivity index (χ0n) is 8.22. The second-order valence-corrected chi connectivity index (χ2v) is 3.35. The molecule has 0 bridgehead atoms. The molecule has 16 heavy (non-hydrogen) atoms. The van der Waals surface area contributed by atoms with Gasteiger partial charge in [0.25, 0.3) is 0 Å². The summed E-state index contributed by atoms with van der Waals surface area (Å²) >= 11 is 5.72. The molecule has 0 saturated carbocycles. The van der Waals surface area contributed by atoms with Crippen LogP contribution in [0.1, 0.15) is 5.82 Å². The van der Waals surface area contributed by atoms with Gasteiger partial charge in [-0.15, -0.1) is 0 Å². The number of rotatable bonds is 4. The van der Waals surface area contributed by atoms with Gasteiger partial charge >= 0.3 is 0 Å². The van der Waals surface area contributed by atoms with Crippen LogP contribution in [0.25, 0.3) is 0 Å². The summed E-state index contributed by atoms with van der Waals surface area (Å²) in [5, 5.41) is 7.00. The van der Waals surface area contributed by atoms with Crippen molar-refractivity contribution in [3.63, 3.8) is 0 Å². The maximum Gasteiger partial charge on any atom is 0.223 e. The molecule has 7 nitrogen and oxygen atoms in total. The fourth-order valence-corrected chi connectivity index (χ4v) is 1.32. The molecule has 2 rings (SSSR count). The van der Waals surface area contributed by atoms with Crippen molar-refractivity contribution in [3.8, 4) is 0 Å². The van der Waals surface area contributed by atoms with Crippen LogP contribution in [0.3, 0.4) is 0 Å². The Balaban J connectivity index is 1.89. The molecular formula is C8H9ClN6O. The van der Waals surface area contributed by atoms with Crippen LogP contribution in [0.5, 0.6) is 0 Å². The zero-order valence-corrected chi connectivity index (χ0v) is 8.98. The van der Waals surface area contributed by atoms with Crippen LogP contribution >= 0.6 is 11.6 Å². The molecule has 0 aromatic carbocycles. The van der Waals surface area contributed by atoms with E-state index in [-0.39, 0.29) is 5.95 Å². The van der Waals surface area contributed by atoms with E-state index in [1.54, 1.807) is 6.07 Å². The molecule has 0 aliphatic rings. The fourth-order valence-electron chi connectivity index (χ4n) is 1.13. The molecule has 0 aliphatic heterocycles. The molecule has 84 valence electrons. The third kappa shape index (κ3) is 2.80. The van der Waals surface area contributed by atoms with Gasteiger partial charge in [-0.25, -0.2) is 4.98 Å². The number of halogens is 1. The minimum absolute atomic E-state index is 0.134. The quantitative estimate of drug-likeness (QED) is 0.760. The van der Waals surface area contributed by atoms with Crippen LogP contribution < -0.4 is 11.1 Å². The lowest BCUT2D eigenvalue weighted by atomic mass is 10.4. The molecule has 0 amide bonds. The molecule has 0 fully saturated rings. The number of hydrogen-bond donors (Lipinski definition) is 2. The van der Waals surface area contributed by atoms with Crippen molar-refractivity contribution in [3.05, 3.63) is 23.4 Å². The maximum absolute atomic E-state index is 5.72. The SMILES string of the molecule is Nc1nc(Cl)cc(NCCc2ncon2)n1. The molecule has 0 radical (unpaired) electrons. The Bertz CT molecular complexity index is 439. The monoisotopic (exact) mass is 240 g/mol. The number of nitrogens with one attached hydrogen (secondary N) is 1. The molecule has 0 saturated heterocycles. The molecule has 0 atom stereocenters. The maximum atomic E-state index is 5.72. The van der Waals surface area contributed by atoms with Crippen molar-refractivity contribution in [1.29, 1.82) is 0 Å². The first-order valence-corrected chi connectivity index (χ1v) is 4.91. The van der Waals surface area contributed by atoms with Gasteiger partial charge in [-0.3, -0.25) is 0 Å². The summed E-state index contributed by atoms with van der Waals surface area (Å²) in [4.78, 5) is 11.6. The summed E-state index contributed by atoms with van der Waals surface area (Å²) in [6.45, 7) is 0.603. The second-order valence-electron chi connectivity index (χ2n) is 2.96. The van der Waals surface area contributed by atoms with Crippen LogP contribution in [-0.2, 0) is 6.42 Å². The third-order valence-electron chi connectivity index (χ3n) is 1.77. The van der Waals surface area contributed by atoms with Crippen molar-refractivity contribution in [2.24, 2.45) is 0 Å². The Morgan fingerprint density at radius 2 is 2.31 bits per heavy atom. The van der Waals surface area contributed by atoms with Crippen LogP contribution in [0.4, 0.5) is 11.8 Å². The average molecular weight is 241 g/mol. The Hall–Kier alpha value is -1.89. The van der Waals surface area contributed by atoms with Gasteiger partial charge in [0.1, 0.15) is 11.0 Å². The molecule has 3 N–H and O–H groups in total. The first-order chi connectivity index (χ1) is 7.74. The lowest BCUT2D eigenvalue weighted by Crippen LogP contribution is -2.08. The predicted octanol–water partition coefficient (Wildman–Crippen LogP) is 0.750. The Morgan fingerprint density at radius 3 is 3.00 bits per heavy atom. The highest BCUT2D eigenvalue weighted by Gasteiger charge is 2.01. The normalized spacial score (nSPS) is 10.3. The van der Waals surface area contributed by atoms with Crippen molar-refractivity contribution < 1.29 is 4.52 Å². The van der Waals surface area contributed by atoms with Crippen LogP contribution in [0, 0.1) is 0 Å². The molecular weight excluding hydrogens is 232 g/mol. The van der Waals surface area contributed by atoms with E-state index in [0.29, 0.717) is 29.8 Å². The highest BCUT2D eigenvalue weighted by molar-refractivity contribution is 6.29. The summed E-state index contributed by atoms with van der Waals surface area (Å²) in [6.07, 6.45) is 1.91. The first-order valence-electron chi connectivity index (χ1n) is 4.53. The Morgan fingerprint density at radius 1 is 1.44 bits per heavy atom. The molecule has 0 aliphatic carbocycles. The molecule has 2 heterocycles. The van der Waals surface area contributed by atoms with E-state index in [1.807, 2.05) is 0 Å². The number of hydrogen-bond acceptors (Lipinski definition) is 7. The van der Waals surface area contributed by atoms with E-state index < -0.39 is 0 Å². The van der Waals surface area contributed by atoms with Gasteiger partial charge in [-0.1, -0.05) is 16.8 Å². The molecule has 8 heteroatoms. The van der Waals surface area contributed by atoms with E-state index in [4.69, 9.17) is 17.3 Å². The topological polar surface area (TPSA) is 103 Å². The predicted molar refractivity (Wildman–Crippen MR) is 57.9 cm³/mol. The van der Waals surface area contributed by atoms with E-state index in [2.05, 4.69) is 29.9 Å². The van der Waals surface area contributed by atoms with E-state index in [0.717, 1.165) is 0 Å². The van der Waals surface area contributed by atoms with Gasteiger partial charge in [0.2, 0.25) is 12.3 Å². The van der Waals surface area contributed by atoms with Crippen LogP contribution in [0.2, 0.25) is 5.15 Å². The summed E-state index contributed by atoms with van der Waals surface area (Å²) < 4.78 is 4.60. The minimum Gasteiger partial charge on any atom is -0.369 e. The van der Waals surface area contributed by atoms with Crippen molar-refractivity contribution in [1.82, 2.24) is 20.1 Å². The number of nitrogen functional groups attached to an aromatic ring is 1. The summed E-state index contributed by atoms with van der Waals surface area (Å²) in [7, 11) is 0. The van der Waals surface area contributed by atoms with Gasteiger partial charge in [0.15, 0.2) is 5.82 Å². The highest BCUT2D eigenvalue weighted by Crippen LogP contribution is 2.12. The van der Waals surface area contributed by atoms with Crippen molar-refractivity contribution in [2.75, 3.05) is 17.6 Å². The highest BCUT2D eigenvalue weighted by atomic mass is 35.5. The summed E-state index contributed by atoms with van der Waals surface area (Å²) in [5.74, 6) is 1.33. The van der Waals surface area contributed by atoms with Gasteiger partial charge in [0.05, 0.1) is 0 Å². The molecule has 2 aromatic rings.